The normalized spacial score (nSPS) is 22.4. The van der Waals surface area contributed by atoms with Crippen molar-refractivity contribution in [1.82, 2.24) is 9.88 Å². The topological polar surface area (TPSA) is 43.8 Å². The van der Waals surface area contributed by atoms with Crippen molar-refractivity contribution in [3.63, 3.8) is 0 Å². The Labute approximate surface area is 154 Å². The summed E-state index contributed by atoms with van der Waals surface area (Å²) in [6.07, 6.45) is 4.95. The van der Waals surface area contributed by atoms with Gasteiger partial charge in [0.2, 0.25) is 5.88 Å². The molecule has 1 spiro atoms. The van der Waals surface area contributed by atoms with Gasteiger partial charge in [-0.3, -0.25) is 4.90 Å². The van der Waals surface area contributed by atoms with E-state index >= 15 is 0 Å². The van der Waals surface area contributed by atoms with Crippen LogP contribution in [0.4, 0.5) is 0 Å². The molecule has 0 amide bonds. The van der Waals surface area contributed by atoms with Crippen LogP contribution in [0.25, 0.3) is 0 Å². The fourth-order valence-electron chi connectivity index (χ4n) is 3.92. The molecule has 2 fully saturated rings. The van der Waals surface area contributed by atoms with E-state index in [0.29, 0.717) is 12.5 Å². The van der Waals surface area contributed by atoms with Crippen LogP contribution in [-0.2, 0) is 11.3 Å². The second-order valence-corrected chi connectivity index (χ2v) is 7.23. The van der Waals surface area contributed by atoms with E-state index in [0.717, 1.165) is 44.6 Å². The van der Waals surface area contributed by atoms with Crippen LogP contribution in [0.15, 0.2) is 48.7 Å². The number of methoxy groups -OCH3 is 1. The van der Waals surface area contributed by atoms with Crippen LogP contribution in [0.2, 0.25) is 0 Å². The molecular formula is C21H26N2O3. The molecule has 0 bridgehead atoms. The molecular weight excluding hydrogens is 328 g/mol. The minimum absolute atomic E-state index is 0.0180. The fraction of sp³-hybridized carbons (Fsp3) is 0.476. The fourth-order valence-corrected chi connectivity index (χ4v) is 3.92. The van der Waals surface area contributed by atoms with Gasteiger partial charge in [-0.2, -0.15) is 0 Å². The number of aromatic nitrogens is 1. The molecule has 0 aliphatic carbocycles. The van der Waals surface area contributed by atoms with Gasteiger partial charge in [-0.1, -0.05) is 18.2 Å². The summed E-state index contributed by atoms with van der Waals surface area (Å²) >= 11 is 0. The Morgan fingerprint density at radius 2 is 1.96 bits per heavy atom. The SMILES string of the molecule is COc1ccc(CN2CCC3(CC2)C[C@H](Oc2ccccn2)CO3)cc1. The summed E-state index contributed by atoms with van der Waals surface area (Å²) < 4.78 is 17.4. The molecule has 0 saturated carbocycles. The maximum Gasteiger partial charge on any atom is 0.213 e. The highest BCUT2D eigenvalue weighted by molar-refractivity contribution is 5.27. The van der Waals surface area contributed by atoms with Crippen molar-refractivity contribution < 1.29 is 14.2 Å². The molecule has 2 aromatic rings. The van der Waals surface area contributed by atoms with Gasteiger partial charge in [-0.25, -0.2) is 4.98 Å². The minimum atomic E-state index is -0.0180. The number of piperidine rings is 1. The lowest BCUT2D eigenvalue weighted by atomic mass is 9.88. The van der Waals surface area contributed by atoms with Crippen LogP contribution in [0.1, 0.15) is 24.8 Å². The van der Waals surface area contributed by atoms with E-state index < -0.39 is 0 Å². The summed E-state index contributed by atoms with van der Waals surface area (Å²) in [4.78, 5) is 6.76. The van der Waals surface area contributed by atoms with Crippen LogP contribution in [0, 0.1) is 0 Å². The summed E-state index contributed by atoms with van der Waals surface area (Å²) in [5.74, 6) is 1.60. The molecule has 2 aliphatic heterocycles. The van der Waals surface area contributed by atoms with E-state index in [1.165, 1.54) is 5.56 Å². The van der Waals surface area contributed by atoms with Crippen LogP contribution in [0.3, 0.4) is 0 Å². The summed E-state index contributed by atoms with van der Waals surface area (Å²) in [6, 6.07) is 14.1. The Hall–Kier alpha value is -2.11. The third kappa shape index (κ3) is 4.00. The van der Waals surface area contributed by atoms with Crippen molar-refractivity contribution in [2.75, 3.05) is 26.8 Å². The van der Waals surface area contributed by atoms with Crippen LogP contribution >= 0.6 is 0 Å². The first-order valence-corrected chi connectivity index (χ1v) is 9.32. The molecule has 5 nitrogen and oxygen atoms in total. The Bertz CT molecular complexity index is 697. The summed E-state index contributed by atoms with van der Waals surface area (Å²) in [7, 11) is 1.70. The van der Waals surface area contributed by atoms with E-state index in [-0.39, 0.29) is 11.7 Å². The van der Waals surface area contributed by atoms with E-state index in [1.807, 2.05) is 30.3 Å². The third-order valence-electron chi connectivity index (χ3n) is 5.43. The van der Waals surface area contributed by atoms with Crippen LogP contribution < -0.4 is 9.47 Å². The van der Waals surface area contributed by atoms with Crippen molar-refractivity contribution >= 4 is 0 Å². The van der Waals surface area contributed by atoms with E-state index in [4.69, 9.17) is 14.2 Å². The second-order valence-electron chi connectivity index (χ2n) is 7.23. The standard InChI is InChI=1S/C21H26N2O3/c1-24-18-7-5-17(6-8-18)15-23-12-9-21(10-13-23)14-19(16-25-21)26-20-4-2-3-11-22-20/h2-8,11,19H,9-10,12-16H2,1H3/t19-/m0/s1. The maximum absolute atomic E-state index is 6.20. The maximum atomic E-state index is 6.20. The van der Waals surface area contributed by atoms with Gasteiger partial charge in [0.1, 0.15) is 11.9 Å². The molecule has 5 heteroatoms. The monoisotopic (exact) mass is 354 g/mol. The molecule has 2 saturated heterocycles. The molecule has 1 aromatic carbocycles. The van der Waals surface area contributed by atoms with Crippen LogP contribution in [0.5, 0.6) is 11.6 Å². The predicted octanol–water partition coefficient (Wildman–Crippen LogP) is 3.29. The second kappa shape index (κ2) is 7.64. The molecule has 1 atom stereocenters. The van der Waals surface area contributed by atoms with Crippen molar-refractivity contribution in [3.05, 3.63) is 54.2 Å². The van der Waals surface area contributed by atoms with Gasteiger partial charge < -0.3 is 14.2 Å². The third-order valence-corrected chi connectivity index (χ3v) is 5.43. The van der Waals surface area contributed by atoms with Gasteiger partial charge in [0, 0.05) is 38.3 Å². The lowest BCUT2D eigenvalue weighted by Gasteiger charge is -2.38. The van der Waals surface area contributed by atoms with Gasteiger partial charge in [-0.05, 0) is 36.6 Å². The number of hydrogen-bond acceptors (Lipinski definition) is 5. The Balaban J connectivity index is 1.28. The average Bonchev–Trinajstić information content (AvgIpc) is 3.07. The number of likely N-dealkylation sites (tertiary alicyclic amines) is 1. The Morgan fingerprint density at radius 1 is 1.15 bits per heavy atom. The van der Waals surface area contributed by atoms with Crippen molar-refractivity contribution in [2.45, 2.75) is 37.5 Å². The first kappa shape index (κ1) is 17.3. The Morgan fingerprint density at radius 3 is 2.65 bits per heavy atom. The number of ether oxygens (including phenoxy) is 3. The molecule has 0 radical (unpaired) electrons. The van der Waals surface area contributed by atoms with Gasteiger partial charge in [0.15, 0.2) is 0 Å². The Kier molecular flexibility index (Phi) is 5.09. The molecule has 138 valence electrons. The zero-order valence-electron chi connectivity index (χ0n) is 15.3. The number of hydrogen-bond donors (Lipinski definition) is 0. The van der Waals surface area contributed by atoms with Crippen LogP contribution in [-0.4, -0.2) is 48.4 Å². The molecule has 3 heterocycles. The molecule has 26 heavy (non-hydrogen) atoms. The van der Waals surface area contributed by atoms with E-state index in [2.05, 4.69) is 22.0 Å². The zero-order valence-corrected chi connectivity index (χ0v) is 15.3. The molecule has 2 aliphatic rings. The van der Waals surface area contributed by atoms with Crippen molar-refractivity contribution in [1.29, 1.82) is 0 Å². The van der Waals surface area contributed by atoms with E-state index in [1.54, 1.807) is 13.3 Å². The highest BCUT2D eigenvalue weighted by Crippen LogP contribution is 2.37. The van der Waals surface area contributed by atoms with Gasteiger partial charge in [0.25, 0.3) is 0 Å². The smallest absolute Gasteiger partial charge is 0.213 e. The number of rotatable bonds is 5. The lowest BCUT2D eigenvalue weighted by molar-refractivity contribution is -0.0455. The first-order chi connectivity index (χ1) is 12.7. The number of pyridine rings is 1. The molecule has 0 unspecified atom stereocenters. The minimum Gasteiger partial charge on any atom is -0.497 e. The summed E-state index contributed by atoms with van der Waals surface area (Å²) in [5.41, 5.74) is 1.31. The summed E-state index contributed by atoms with van der Waals surface area (Å²) in [5, 5.41) is 0. The highest BCUT2D eigenvalue weighted by Gasteiger charge is 2.43. The number of nitrogens with zero attached hydrogens (tertiary/aromatic N) is 2. The van der Waals surface area contributed by atoms with Crippen molar-refractivity contribution in [2.24, 2.45) is 0 Å². The van der Waals surface area contributed by atoms with E-state index in [9.17, 15) is 0 Å². The molecule has 1 aromatic heterocycles. The number of benzene rings is 1. The lowest BCUT2D eigenvalue weighted by Crippen LogP contribution is -2.44. The molecule has 4 rings (SSSR count). The highest BCUT2D eigenvalue weighted by atomic mass is 16.6. The first-order valence-electron chi connectivity index (χ1n) is 9.32. The zero-order chi connectivity index (χ0) is 17.8. The average molecular weight is 354 g/mol. The largest absolute Gasteiger partial charge is 0.497 e. The molecule has 0 N–H and O–H groups in total. The predicted molar refractivity (Wildman–Crippen MR) is 99.5 cm³/mol. The summed E-state index contributed by atoms with van der Waals surface area (Å²) in [6.45, 7) is 3.76. The quantitative estimate of drug-likeness (QED) is 0.824. The van der Waals surface area contributed by atoms with Gasteiger partial charge >= 0.3 is 0 Å². The van der Waals surface area contributed by atoms with Crippen molar-refractivity contribution in [3.8, 4) is 11.6 Å². The van der Waals surface area contributed by atoms with Gasteiger partial charge in [0.05, 0.1) is 19.3 Å². The van der Waals surface area contributed by atoms with Gasteiger partial charge in [-0.15, -0.1) is 0 Å².